The van der Waals surface area contributed by atoms with Crippen molar-refractivity contribution in [2.75, 3.05) is 25.6 Å². The van der Waals surface area contributed by atoms with Gasteiger partial charge in [-0.3, -0.25) is 0 Å². The number of urea groups is 1. The summed E-state index contributed by atoms with van der Waals surface area (Å²) in [4.78, 5) is 11.9. The highest BCUT2D eigenvalue weighted by atomic mass is 16.5. The van der Waals surface area contributed by atoms with Gasteiger partial charge >= 0.3 is 6.03 Å². The van der Waals surface area contributed by atoms with E-state index < -0.39 is 0 Å². The number of carbonyl (C=O) groups is 1. The van der Waals surface area contributed by atoms with E-state index in [9.17, 15) is 4.79 Å². The third-order valence-corrected chi connectivity index (χ3v) is 3.58. The van der Waals surface area contributed by atoms with Crippen LogP contribution in [0.2, 0.25) is 0 Å². The minimum absolute atomic E-state index is 0.126. The summed E-state index contributed by atoms with van der Waals surface area (Å²) in [6.45, 7) is 1.67. The predicted molar refractivity (Wildman–Crippen MR) is 82.4 cm³/mol. The minimum Gasteiger partial charge on any atom is -0.382 e. The monoisotopic (exact) mass is 292 g/mol. The fourth-order valence-corrected chi connectivity index (χ4v) is 2.49. The van der Waals surface area contributed by atoms with Gasteiger partial charge in [0.05, 0.1) is 19.8 Å². The number of rotatable bonds is 7. The number of nitrogens with one attached hydrogen (secondary N) is 2. The van der Waals surface area contributed by atoms with Crippen LogP contribution in [0, 0.1) is 0 Å². The van der Waals surface area contributed by atoms with Crippen molar-refractivity contribution in [3.63, 3.8) is 0 Å². The van der Waals surface area contributed by atoms with Gasteiger partial charge in [0.25, 0.3) is 0 Å². The molecule has 0 aromatic heterocycles. The van der Waals surface area contributed by atoms with E-state index in [2.05, 4.69) is 10.6 Å². The SMILES string of the molecule is COCCOCc1cccc(NC(=O)NC2CCCC2)c1. The lowest BCUT2D eigenvalue weighted by Gasteiger charge is -2.13. The first kappa shape index (κ1) is 15.8. The number of hydrogen-bond acceptors (Lipinski definition) is 3. The third-order valence-electron chi connectivity index (χ3n) is 3.58. The van der Waals surface area contributed by atoms with Crippen LogP contribution in [0.3, 0.4) is 0 Å². The molecule has 1 aromatic carbocycles. The molecule has 0 radical (unpaired) electrons. The molecular weight excluding hydrogens is 268 g/mol. The topological polar surface area (TPSA) is 59.6 Å². The van der Waals surface area contributed by atoms with E-state index in [1.165, 1.54) is 12.8 Å². The van der Waals surface area contributed by atoms with Gasteiger partial charge in [-0.25, -0.2) is 4.79 Å². The number of ether oxygens (including phenoxy) is 2. The van der Waals surface area contributed by atoms with Crippen LogP contribution in [0.5, 0.6) is 0 Å². The third kappa shape index (κ3) is 5.73. The number of amides is 2. The maximum absolute atomic E-state index is 11.9. The highest BCUT2D eigenvalue weighted by Gasteiger charge is 2.16. The van der Waals surface area contributed by atoms with Crippen LogP contribution in [-0.2, 0) is 16.1 Å². The molecule has 2 amide bonds. The van der Waals surface area contributed by atoms with E-state index in [1.54, 1.807) is 7.11 Å². The van der Waals surface area contributed by atoms with Crippen LogP contribution in [0.1, 0.15) is 31.2 Å². The van der Waals surface area contributed by atoms with Crippen molar-refractivity contribution in [1.29, 1.82) is 0 Å². The molecule has 0 unspecified atom stereocenters. The van der Waals surface area contributed by atoms with E-state index in [0.717, 1.165) is 24.1 Å². The minimum atomic E-state index is -0.126. The zero-order valence-corrected chi connectivity index (χ0v) is 12.6. The van der Waals surface area contributed by atoms with Crippen LogP contribution in [0.25, 0.3) is 0 Å². The van der Waals surface area contributed by atoms with Gasteiger partial charge in [0, 0.05) is 18.8 Å². The molecule has 2 rings (SSSR count). The molecule has 1 saturated carbocycles. The Labute approximate surface area is 126 Å². The average Bonchev–Trinajstić information content (AvgIpc) is 2.97. The molecule has 1 aliphatic rings. The Bertz CT molecular complexity index is 445. The highest BCUT2D eigenvalue weighted by molar-refractivity contribution is 5.89. The summed E-state index contributed by atoms with van der Waals surface area (Å²) in [7, 11) is 1.65. The van der Waals surface area contributed by atoms with Crippen molar-refractivity contribution < 1.29 is 14.3 Å². The second-order valence-electron chi connectivity index (χ2n) is 5.33. The number of benzene rings is 1. The van der Waals surface area contributed by atoms with Crippen molar-refractivity contribution in [3.05, 3.63) is 29.8 Å². The summed E-state index contributed by atoms with van der Waals surface area (Å²) in [5.41, 5.74) is 1.82. The fourth-order valence-electron chi connectivity index (χ4n) is 2.49. The molecule has 0 atom stereocenters. The number of anilines is 1. The molecule has 116 valence electrons. The first-order valence-corrected chi connectivity index (χ1v) is 7.51. The molecule has 5 heteroatoms. The van der Waals surface area contributed by atoms with E-state index in [-0.39, 0.29) is 6.03 Å². The van der Waals surface area contributed by atoms with Gasteiger partial charge in [0.15, 0.2) is 0 Å². The van der Waals surface area contributed by atoms with Gasteiger partial charge in [-0.05, 0) is 30.5 Å². The van der Waals surface area contributed by atoms with Gasteiger partial charge in [-0.2, -0.15) is 0 Å². The molecule has 0 saturated heterocycles. The Morgan fingerprint density at radius 3 is 2.86 bits per heavy atom. The van der Waals surface area contributed by atoms with Gasteiger partial charge < -0.3 is 20.1 Å². The Morgan fingerprint density at radius 1 is 1.29 bits per heavy atom. The zero-order chi connectivity index (χ0) is 14.9. The lowest BCUT2D eigenvalue weighted by atomic mass is 10.2. The van der Waals surface area contributed by atoms with Crippen LogP contribution in [-0.4, -0.2) is 32.4 Å². The van der Waals surface area contributed by atoms with Crippen LogP contribution >= 0.6 is 0 Å². The second-order valence-corrected chi connectivity index (χ2v) is 5.33. The fraction of sp³-hybridized carbons (Fsp3) is 0.562. The van der Waals surface area contributed by atoms with Crippen molar-refractivity contribution >= 4 is 11.7 Å². The van der Waals surface area contributed by atoms with Crippen LogP contribution in [0.15, 0.2) is 24.3 Å². The zero-order valence-electron chi connectivity index (χ0n) is 12.6. The Morgan fingerprint density at radius 2 is 2.10 bits per heavy atom. The molecule has 0 heterocycles. The lowest BCUT2D eigenvalue weighted by molar-refractivity contribution is 0.0617. The molecule has 21 heavy (non-hydrogen) atoms. The molecule has 0 bridgehead atoms. The quantitative estimate of drug-likeness (QED) is 0.760. The van der Waals surface area contributed by atoms with E-state index in [4.69, 9.17) is 9.47 Å². The van der Waals surface area contributed by atoms with E-state index in [0.29, 0.717) is 25.9 Å². The summed E-state index contributed by atoms with van der Waals surface area (Å²) in [5.74, 6) is 0. The Balaban J connectivity index is 1.78. The molecule has 1 aromatic rings. The van der Waals surface area contributed by atoms with Gasteiger partial charge in [0.2, 0.25) is 0 Å². The van der Waals surface area contributed by atoms with Gasteiger partial charge in [0.1, 0.15) is 0 Å². The predicted octanol–water partition coefficient (Wildman–Crippen LogP) is 2.91. The van der Waals surface area contributed by atoms with Crippen LogP contribution in [0.4, 0.5) is 10.5 Å². The number of carbonyl (C=O) groups excluding carboxylic acids is 1. The van der Waals surface area contributed by atoms with E-state index >= 15 is 0 Å². The summed E-state index contributed by atoms with van der Waals surface area (Å²) >= 11 is 0. The summed E-state index contributed by atoms with van der Waals surface area (Å²) in [5, 5.41) is 5.89. The molecule has 0 spiro atoms. The Kier molecular flexibility index (Phi) is 6.50. The van der Waals surface area contributed by atoms with Gasteiger partial charge in [-0.15, -0.1) is 0 Å². The maximum Gasteiger partial charge on any atom is 0.319 e. The summed E-state index contributed by atoms with van der Waals surface area (Å²) in [6, 6.07) is 7.91. The largest absolute Gasteiger partial charge is 0.382 e. The van der Waals surface area contributed by atoms with Crippen molar-refractivity contribution in [1.82, 2.24) is 5.32 Å². The molecule has 1 fully saturated rings. The Hall–Kier alpha value is -1.59. The molecule has 2 N–H and O–H groups in total. The molecule has 0 aliphatic heterocycles. The maximum atomic E-state index is 11.9. The second kappa shape index (κ2) is 8.64. The smallest absolute Gasteiger partial charge is 0.319 e. The van der Waals surface area contributed by atoms with Crippen molar-refractivity contribution in [2.24, 2.45) is 0 Å². The number of methoxy groups -OCH3 is 1. The van der Waals surface area contributed by atoms with Crippen molar-refractivity contribution in [3.8, 4) is 0 Å². The number of hydrogen-bond donors (Lipinski definition) is 2. The standard InChI is InChI=1S/C16H24N2O3/c1-20-9-10-21-12-13-5-4-8-15(11-13)18-16(19)17-14-6-2-3-7-14/h4-5,8,11,14H,2-3,6-7,9-10,12H2,1H3,(H2,17,18,19). The molecule has 1 aliphatic carbocycles. The normalized spacial score (nSPS) is 15.1. The summed E-state index contributed by atoms with van der Waals surface area (Å²) in [6.07, 6.45) is 4.58. The summed E-state index contributed by atoms with van der Waals surface area (Å²) < 4.78 is 10.4. The highest BCUT2D eigenvalue weighted by Crippen LogP contribution is 2.18. The average molecular weight is 292 g/mol. The van der Waals surface area contributed by atoms with Gasteiger partial charge in [-0.1, -0.05) is 25.0 Å². The van der Waals surface area contributed by atoms with E-state index in [1.807, 2.05) is 24.3 Å². The van der Waals surface area contributed by atoms with Crippen LogP contribution < -0.4 is 10.6 Å². The first-order chi connectivity index (χ1) is 10.3. The molecule has 5 nitrogen and oxygen atoms in total. The van der Waals surface area contributed by atoms with Crippen molar-refractivity contribution in [2.45, 2.75) is 38.3 Å². The molecular formula is C16H24N2O3. The lowest BCUT2D eigenvalue weighted by Crippen LogP contribution is -2.36. The first-order valence-electron chi connectivity index (χ1n) is 7.51.